The summed E-state index contributed by atoms with van der Waals surface area (Å²) in [6.07, 6.45) is 4.51. The number of carbonyl (C=O) groups is 1. The lowest BCUT2D eigenvalue weighted by atomic mass is 10.3. The van der Waals surface area contributed by atoms with Gasteiger partial charge < -0.3 is 15.1 Å². The average Bonchev–Trinajstić information content (AvgIpc) is 3.28. The van der Waals surface area contributed by atoms with E-state index in [4.69, 9.17) is 0 Å². The Morgan fingerprint density at radius 1 is 1.25 bits per heavy atom. The van der Waals surface area contributed by atoms with Gasteiger partial charge in [0.1, 0.15) is 5.82 Å². The summed E-state index contributed by atoms with van der Waals surface area (Å²) in [7, 11) is 0. The minimum Gasteiger partial charge on any atom is -0.345 e. The number of rotatable bonds is 6. The monoisotopic (exact) mass is 395 g/mol. The minimum absolute atomic E-state index is 0. The Morgan fingerprint density at radius 3 is 2.71 bits per heavy atom. The highest BCUT2D eigenvalue weighted by atomic mass is 35.5. The van der Waals surface area contributed by atoms with Crippen molar-refractivity contribution in [3.05, 3.63) is 5.82 Å². The molecule has 24 heavy (non-hydrogen) atoms. The van der Waals surface area contributed by atoms with E-state index in [1.165, 1.54) is 24.4 Å². The van der Waals surface area contributed by atoms with E-state index in [0.717, 1.165) is 62.4 Å². The Kier molecular flexibility index (Phi) is 9.26. The van der Waals surface area contributed by atoms with E-state index in [0.29, 0.717) is 6.54 Å². The molecular formula is C15H27Cl2N5OS. The van der Waals surface area contributed by atoms with Crippen LogP contribution in [0.15, 0.2) is 0 Å². The molecule has 6 nitrogen and oxygen atoms in total. The second-order valence-corrected chi connectivity index (χ2v) is 6.87. The summed E-state index contributed by atoms with van der Waals surface area (Å²) >= 11 is 1.47. The van der Waals surface area contributed by atoms with Gasteiger partial charge in [-0.1, -0.05) is 6.92 Å². The van der Waals surface area contributed by atoms with Crippen molar-refractivity contribution in [3.8, 4) is 0 Å². The molecule has 3 rings (SSSR count). The van der Waals surface area contributed by atoms with Gasteiger partial charge in [0.2, 0.25) is 11.0 Å². The third-order valence-electron chi connectivity index (χ3n) is 4.30. The fourth-order valence-electron chi connectivity index (χ4n) is 2.69. The smallest absolute Gasteiger partial charge is 0.236 e. The van der Waals surface area contributed by atoms with Crippen LogP contribution in [0, 0.1) is 5.92 Å². The predicted octanol–water partition coefficient (Wildman–Crippen LogP) is 1.98. The maximum Gasteiger partial charge on any atom is 0.236 e. The van der Waals surface area contributed by atoms with E-state index >= 15 is 0 Å². The summed E-state index contributed by atoms with van der Waals surface area (Å²) in [4.78, 5) is 21.1. The van der Waals surface area contributed by atoms with Crippen LogP contribution in [0.25, 0.3) is 0 Å². The van der Waals surface area contributed by atoms with Crippen LogP contribution in [0.3, 0.4) is 0 Å². The number of nitrogens with zero attached hydrogens (tertiary/aromatic N) is 4. The third-order valence-corrected chi connectivity index (χ3v) is 5.11. The molecule has 1 amide bonds. The molecule has 1 N–H and O–H groups in total. The highest BCUT2D eigenvalue weighted by Crippen LogP contribution is 2.27. The fourth-order valence-corrected chi connectivity index (χ4v) is 3.49. The van der Waals surface area contributed by atoms with Gasteiger partial charge in [0.05, 0.1) is 6.54 Å². The molecule has 0 spiro atoms. The van der Waals surface area contributed by atoms with Gasteiger partial charge in [-0.2, -0.15) is 4.37 Å². The normalized spacial score (nSPS) is 17.7. The number of hydrogen-bond donors (Lipinski definition) is 1. The molecule has 138 valence electrons. The van der Waals surface area contributed by atoms with E-state index < -0.39 is 0 Å². The maximum absolute atomic E-state index is 12.3. The Morgan fingerprint density at radius 2 is 2.04 bits per heavy atom. The number of carbonyl (C=O) groups excluding carboxylic acids is 1. The number of hydrogen-bond acceptors (Lipinski definition) is 6. The number of aromatic nitrogens is 2. The van der Waals surface area contributed by atoms with Crippen LogP contribution < -0.4 is 10.2 Å². The van der Waals surface area contributed by atoms with Crippen molar-refractivity contribution in [3.63, 3.8) is 0 Å². The van der Waals surface area contributed by atoms with Crippen LogP contribution in [0.4, 0.5) is 5.13 Å². The summed E-state index contributed by atoms with van der Waals surface area (Å²) in [5, 5.41) is 4.29. The molecule has 0 radical (unpaired) electrons. The molecule has 1 aromatic heterocycles. The zero-order chi connectivity index (χ0) is 15.4. The van der Waals surface area contributed by atoms with E-state index in [9.17, 15) is 4.79 Å². The van der Waals surface area contributed by atoms with Crippen molar-refractivity contribution in [2.24, 2.45) is 5.92 Å². The van der Waals surface area contributed by atoms with Crippen molar-refractivity contribution in [2.45, 2.75) is 32.6 Å². The first-order valence-electron chi connectivity index (χ1n) is 8.32. The van der Waals surface area contributed by atoms with Crippen LogP contribution in [0.2, 0.25) is 0 Å². The minimum atomic E-state index is 0. The summed E-state index contributed by atoms with van der Waals surface area (Å²) in [5.41, 5.74) is 0. The van der Waals surface area contributed by atoms with Crippen LogP contribution in [-0.2, 0) is 11.2 Å². The largest absolute Gasteiger partial charge is 0.345 e. The Balaban J connectivity index is 0.00000144. The van der Waals surface area contributed by atoms with Gasteiger partial charge in [0.25, 0.3) is 0 Å². The second-order valence-electron chi connectivity index (χ2n) is 6.14. The molecule has 1 saturated heterocycles. The van der Waals surface area contributed by atoms with Crippen molar-refractivity contribution >= 4 is 47.4 Å². The molecule has 0 unspecified atom stereocenters. The molecule has 1 saturated carbocycles. The first-order valence-corrected chi connectivity index (χ1v) is 9.09. The quantitative estimate of drug-likeness (QED) is 0.797. The van der Waals surface area contributed by atoms with Gasteiger partial charge in [0, 0.05) is 44.1 Å². The van der Waals surface area contributed by atoms with Crippen molar-refractivity contribution < 1.29 is 4.79 Å². The van der Waals surface area contributed by atoms with Gasteiger partial charge in [-0.05, 0) is 31.7 Å². The molecule has 0 atom stereocenters. The van der Waals surface area contributed by atoms with Gasteiger partial charge in [-0.3, -0.25) is 4.79 Å². The highest BCUT2D eigenvalue weighted by molar-refractivity contribution is 7.09. The number of amides is 1. The fraction of sp³-hybridized carbons (Fsp3) is 0.800. The van der Waals surface area contributed by atoms with E-state index in [1.54, 1.807) is 0 Å². The van der Waals surface area contributed by atoms with E-state index in [1.807, 2.05) is 4.90 Å². The number of halogens is 2. The van der Waals surface area contributed by atoms with E-state index in [2.05, 4.69) is 26.5 Å². The van der Waals surface area contributed by atoms with Gasteiger partial charge in [-0.25, -0.2) is 4.98 Å². The molecule has 1 aliphatic heterocycles. The Bertz CT molecular complexity index is 512. The second kappa shape index (κ2) is 10.4. The van der Waals surface area contributed by atoms with Gasteiger partial charge >= 0.3 is 0 Å². The Hall–Kier alpha value is -0.630. The van der Waals surface area contributed by atoms with Crippen LogP contribution >= 0.6 is 36.3 Å². The lowest BCUT2D eigenvalue weighted by molar-refractivity contribution is -0.130. The molecule has 1 aromatic rings. The SMILES string of the molecule is CCc1nsc(N2CCCN(C(=O)CNCC3CC3)CC2)n1.Cl.Cl. The molecule has 0 bridgehead atoms. The molecule has 9 heteroatoms. The zero-order valence-electron chi connectivity index (χ0n) is 14.1. The maximum atomic E-state index is 12.3. The lowest BCUT2D eigenvalue weighted by Gasteiger charge is -2.21. The van der Waals surface area contributed by atoms with Crippen molar-refractivity contribution in [1.29, 1.82) is 0 Å². The number of aryl methyl sites for hydroxylation is 1. The number of anilines is 1. The highest BCUT2D eigenvalue weighted by Gasteiger charge is 2.23. The standard InChI is InChI=1S/C15H25N5OS.2ClH/c1-2-13-17-15(22-18-13)20-7-3-6-19(8-9-20)14(21)11-16-10-12-4-5-12;;/h12,16H,2-11H2,1H3;2*1H. The molecule has 1 aliphatic carbocycles. The Labute approximate surface area is 160 Å². The third kappa shape index (κ3) is 6.02. The first-order chi connectivity index (χ1) is 10.8. The zero-order valence-corrected chi connectivity index (χ0v) is 16.5. The van der Waals surface area contributed by atoms with Gasteiger partial charge in [0.15, 0.2) is 0 Å². The molecule has 2 aliphatic rings. The lowest BCUT2D eigenvalue weighted by Crippen LogP contribution is -2.40. The molecular weight excluding hydrogens is 369 g/mol. The van der Waals surface area contributed by atoms with Crippen LogP contribution in [0.5, 0.6) is 0 Å². The molecule has 0 aromatic carbocycles. The molecule has 2 fully saturated rings. The predicted molar refractivity (Wildman–Crippen MR) is 103 cm³/mol. The van der Waals surface area contributed by atoms with E-state index in [-0.39, 0.29) is 30.7 Å². The molecule has 2 heterocycles. The average molecular weight is 396 g/mol. The first kappa shape index (κ1) is 21.4. The van der Waals surface area contributed by atoms with Crippen LogP contribution in [-0.4, -0.2) is 59.4 Å². The van der Waals surface area contributed by atoms with Crippen molar-refractivity contribution in [2.75, 3.05) is 44.2 Å². The van der Waals surface area contributed by atoms with Crippen LogP contribution in [0.1, 0.15) is 32.0 Å². The summed E-state index contributed by atoms with van der Waals surface area (Å²) in [6.45, 7) is 6.99. The summed E-state index contributed by atoms with van der Waals surface area (Å²) in [6, 6.07) is 0. The van der Waals surface area contributed by atoms with Gasteiger partial charge in [-0.15, -0.1) is 24.8 Å². The van der Waals surface area contributed by atoms with Crippen molar-refractivity contribution in [1.82, 2.24) is 19.6 Å². The number of nitrogens with one attached hydrogen (secondary N) is 1. The summed E-state index contributed by atoms with van der Waals surface area (Å²) < 4.78 is 4.36. The summed E-state index contributed by atoms with van der Waals surface area (Å²) in [5.74, 6) is 1.97. The topological polar surface area (TPSA) is 61.4 Å².